The van der Waals surface area contributed by atoms with Crippen molar-refractivity contribution in [2.45, 2.75) is 44.6 Å². The van der Waals surface area contributed by atoms with E-state index in [4.69, 9.17) is 0 Å². The Hall–Kier alpha value is -7.03. The van der Waals surface area contributed by atoms with Crippen molar-refractivity contribution < 1.29 is 151 Å². The van der Waals surface area contributed by atoms with Crippen LogP contribution in [0, 0.1) is 77.1 Å². The van der Waals surface area contributed by atoms with Crippen LogP contribution in [0.1, 0.15) is 44.6 Å². The quantitative estimate of drug-likeness (QED) is 0.115. The minimum Gasteiger partial charge on any atom is -0.284 e. The molecule has 0 aliphatic heterocycles. The predicted octanol–water partition coefficient (Wildman–Crippen LogP) is 23.7. The van der Waals surface area contributed by atoms with Crippen molar-refractivity contribution in [3.8, 4) is 67.5 Å². The number of benzene rings is 6. The van der Waals surface area contributed by atoms with Crippen molar-refractivity contribution in [2.75, 3.05) is 0 Å². The van der Waals surface area contributed by atoms with Crippen LogP contribution in [0.15, 0.2) is 210 Å². The summed E-state index contributed by atoms with van der Waals surface area (Å²) in [7, 11) is 0. The number of hydrogen-bond acceptors (Lipinski definition) is 18. The van der Waals surface area contributed by atoms with Crippen molar-refractivity contribution in [3.63, 3.8) is 0 Å². The number of thiophene rings is 6. The van der Waals surface area contributed by atoms with Crippen LogP contribution in [0.4, 0.5) is 30.7 Å². The maximum absolute atomic E-state index is 13.7. The molecule has 0 aliphatic rings. The Balaban J connectivity index is 0.000000640. The molecule has 18 rings (SSSR count). The Morgan fingerprint density at radius 2 is 0.606 bits per heavy atom. The molecular formula is C78H59F7Ir6N12S6-6. The molecule has 0 saturated heterocycles. The van der Waals surface area contributed by atoms with Gasteiger partial charge in [0.2, 0.25) is 0 Å². The fourth-order valence-electron chi connectivity index (χ4n) is 9.36. The molecular weight excluding hydrogens is 2580 g/mol. The zero-order valence-electron chi connectivity index (χ0n) is 51.2. The van der Waals surface area contributed by atoms with Crippen LogP contribution < -0.4 is 0 Å². The summed E-state index contributed by atoms with van der Waals surface area (Å²) in [5, 5.41) is 11.5. The van der Waals surface area contributed by atoms with Crippen molar-refractivity contribution >= 4 is 129 Å². The third-order valence-electron chi connectivity index (χ3n) is 13.7. The molecule has 109 heavy (non-hydrogen) atoms. The van der Waals surface area contributed by atoms with Gasteiger partial charge in [-0.2, -0.15) is 68.0 Å². The number of hydrogen-bond donors (Lipinski definition) is 0. The minimum absolute atomic E-state index is 0. The molecule has 0 aliphatic carbocycles. The van der Waals surface area contributed by atoms with Gasteiger partial charge in [0, 0.05) is 212 Å². The maximum atomic E-state index is 13.7. The van der Waals surface area contributed by atoms with Gasteiger partial charge in [-0.15, -0.1) is 150 Å². The molecule has 12 aromatic heterocycles. The van der Waals surface area contributed by atoms with Gasteiger partial charge >= 0.3 is 0 Å². The van der Waals surface area contributed by atoms with E-state index in [9.17, 15) is 30.7 Å². The molecule has 6 radical (unpaired) electrons. The van der Waals surface area contributed by atoms with Crippen molar-refractivity contribution in [1.82, 2.24) is 59.8 Å². The van der Waals surface area contributed by atoms with Gasteiger partial charge in [-0.3, -0.25) is 51.9 Å². The second-order valence-electron chi connectivity index (χ2n) is 19.7. The van der Waals surface area contributed by atoms with Gasteiger partial charge in [0.1, 0.15) is 38.0 Å². The fraction of sp³-hybridized carbons (Fsp3) is 0.0769. The molecule has 12 nitrogen and oxygen atoms in total. The van der Waals surface area contributed by atoms with E-state index in [-0.39, 0.29) is 194 Å². The Morgan fingerprint density at radius 3 is 1.00 bits per heavy atom. The van der Waals surface area contributed by atoms with E-state index in [2.05, 4.69) is 96.2 Å². The summed E-state index contributed by atoms with van der Waals surface area (Å²) < 4.78 is 98.3. The van der Waals surface area contributed by atoms with Crippen molar-refractivity contribution in [2.24, 2.45) is 0 Å². The average Bonchev–Trinajstić information content (AvgIpc) is 1.78. The topological polar surface area (TPSA) is 155 Å². The Kier molecular flexibility index (Phi) is 44.0. The first-order valence-electron chi connectivity index (χ1n) is 28.3. The van der Waals surface area contributed by atoms with E-state index in [0.29, 0.717) is 28.2 Å². The summed E-state index contributed by atoms with van der Waals surface area (Å²) in [6.07, 6.45) is 8.75. The Morgan fingerprint density at radius 1 is 0.248 bits per heavy atom. The van der Waals surface area contributed by atoms with Crippen LogP contribution >= 0.6 is 68.0 Å². The summed E-state index contributed by atoms with van der Waals surface area (Å²) in [5.74, 6) is -4.03. The summed E-state index contributed by atoms with van der Waals surface area (Å²) in [4.78, 5) is 49.7. The van der Waals surface area contributed by atoms with E-state index in [0.717, 1.165) is 108 Å². The molecule has 0 atom stereocenters. The van der Waals surface area contributed by atoms with Gasteiger partial charge < -0.3 is 0 Å². The second kappa shape index (κ2) is 48.0. The molecule has 0 saturated carbocycles. The van der Waals surface area contributed by atoms with E-state index in [1.54, 1.807) is 64.6 Å². The third-order valence-corrected chi connectivity index (χ3v) is 19.2. The van der Waals surface area contributed by atoms with Gasteiger partial charge in [-0.05, 0) is 68.7 Å². The summed E-state index contributed by atoms with van der Waals surface area (Å²) in [5.41, 5.74) is 12.1. The fourth-order valence-corrected chi connectivity index (χ4v) is 14.4. The average molecular weight is 2640 g/mol. The molecule has 31 heteroatoms. The molecule has 0 N–H and O–H groups in total. The van der Waals surface area contributed by atoms with Crippen molar-refractivity contribution in [3.05, 3.63) is 287 Å². The third kappa shape index (κ3) is 24.0. The van der Waals surface area contributed by atoms with Crippen LogP contribution in [-0.2, 0) is 121 Å². The Labute approximate surface area is 731 Å². The van der Waals surface area contributed by atoms with Gasteiger partial charge in [-0.25, -0.2) is 38.7 Å². The van der Waals surface area contributed by atoms with Crippen molar-refractivity contribution in [1.29, 1.82) is 0 Å². The number of halogens is 7. The smallest absolute Gasteiger partial charge is 0.106 e. The first-order chi connectivity index (χ1) is 47.5. The standard InChI is InChI=1S/2C12H5F2N2S.3C12H6FN2S.C12H7N2S.6CH4.6Ir/c13-7-1-2-8(9(14)5-7)11-12-10(3-4-17-12)15-6-16-11;13-8-3-1-2-7(10(8)14)11-12-9(4-5-17-12)15-6-16-11;13-9-3-1-8(2-4-9)11-12-10(5-6-16-12)14-7-15-11;13-9-3-1-2-8(6-9)11-12-10(4-5-16-12)14-7-15-11;13-9-4-2-1-3-8(9)11-12-10(5-6-16-12)14-7-15-11;1-2-4-9(5-3-1)11-12-10(6-7-15-12)13-8-14-11;;;;;;;;;;;;/h2*1,3-6H;2*1,3-7H;1-2,4-7H;1-4,6-8H;6*1H4;;;;;;/q6*-1;;;;;;;;;;;;. The van der Waals surface area contributed by atoms with E-state index in [1.165, 1.54) is 102 Å². The first-order valence-corrected chi connectivity index (χ1v) is 33.6. The zero-order chi connectivity index (χ0) is 66.6. The first kappa shape index (κ1) is 100.0. The number of fused-ring (bicyclic) bond motifs is 6. The monoisotopic (exact) mass is 2650 g/mol. The number of nitrogens with zero attached hydrogens (tertiary/aromatic N) is 12. The van der Waals surface area contributed by atoms with E-state index < -0.39 is 23.3 Å². The van der Waals surface area contributed by atoms with Crippen LogP contribution in [0.5, 0.6) is 0 Å². The molecule has 0 unspecified atom stereocenters. The molecule has 576 valence electrons. The normalized spacial score (nSPS) is 9.64. The van der Waals surface area contributed by atoms with Gasteiger partial charge in [-0.1, -0.05) is 67.3 Å². The largest absolute Gasteiger partial charge is 0.284 e. The van der Waals surface area contributed by atoms with Crippen LogP contribution in [-0.4, -0.2) is 59.8 Å². The zero-order valence-corrected chi connectivity index (χ0v) is 70.4. The van der Waals surface area contributed by atoms with Crippen LogP contribution in [0.25, 0.3) is 129 Å². The summed E-state index contributed by atoms with van der Waals surface area (Å²) in [6.45, 7) is 0. The molecule has 12 heterocycles. The molecule has 0 fully saturated rings. The van der Waals surface area contributed by atoms with E-state index in [1.807, 2.05) is 92.9 Å². The summed E-state index contributed by atoms with van der Waals surface area (Å²) in [6, 6.07) is 54.2. The molecule has 0 spiro atoms. The predicted molar refractivity (Wildman–Crippen MR) is 410 cm³/mol. The van der Waals surface area contributed by atoms with Crippen LogP contribution in [0.2, 0.25) is 0 Å². The molecule has 0 amide bonds. The van der Waals surface area contributed by atoms with Gasteiger partial charge in [0.25, 0.3) is 0 Å². The van der Waals surface area contributed by atoms with Gasteiger partial charge in [0.15, 0.2) is 0 Å². The van der Waals surface area contributed by atoms with E-state index >= 15 is 0 Å². The number of rotatable bonds is 6. The SMILES string of the molecule is C.C.C.C.C.C.Fc1c[c-]c(-c2ncnc3ccsc23)c(F)c1.Fc1c[c-]c(-c2ncnc3ccsc23)cc1.Fc1cc[c-]c(-c2ncnc3ccsc23)c1.Fc1cc[c-]c(-c2ncnc3ccsc23)c1F.Fc1ccc[c-]c1-c1ncnc2ccsc12.[Ir].[Ir].[Ir].[Ir].[Ir].[Ir].[c-]1ccccc1-c1ncnc2ccsc12. The van der Waals surface area contributed by atoms with Gasteiger partial charge in [0.05, 0.1) is 44.7 Å². The summed E-state index contributed by atoms with van der Waals surface area (Å²) >= 11 is 9.10. The molecule has 18 aromatic rings. The minimum atomic E-state index is -0.930. The maximum Gasteiger partial charge on any atom is 0.106 e. The molecule has 6 aromatic carbocycles. The second-order valence-corrected chi connectivity index (χ2v) is 25.2. The number of aromatic nitrogens is 12. The molecule has 0 bridgehead atoms. The van der Waals surface area contributed by atoms with Crippen LogP contribution in [0.3, 0.4) is 0 Å². The Bertz CT molecular complexity index is 5750.